The van der Waals surface area contributed by atoms with Crippen molar-refractivity contribution in [2.24, 2.45) is 0 Å². The molecule has 0 aliphatic heterocycles. The van der Waals surface area contributed by atoms with Crippen molar-refractivity contribution >= 4 is 0 Å². The first kappa shape index (κ1) is 10.0. The zero-order valence-electron chi connectivity index (χ0n) is 9.26. The molecule has 0 N–H and O–H groups in total. The van der Waals surface area contributed by atoms with Gasteiger partial charge in [0.05, 0.1) is 18.1 Å². The largest absolute Gasteiger partial charge is 0.339 e. The highest BCUT2D eigenvalue weighted by Gasteiger charge is 2.28. The monoisotopic (exact) mass is 225 g/mol. The van der Waals surface area contributed by atoms with E-state index in [4.69, 9.17) is 9.78 Å². The molecular formula is C13H11N3O. The van der Waals surface area contributed by atoms with Gasteiger partial charge in [0.1, 0.15) is 0 Å². The van der Waals surface area contributed by atoms with Crippen LogP contribution in [-0.4, -0.2) is 10.1 Å². The lowest BCUT2D eigenvalue weighted by atomic mass is 10.1. The van der Waals surface area contributed by atoms with E-state index in [-0.39, 0.29) is 0 Å². The minimum Gasteiger partial charge on any atom is -0.339 e. The van der Waals surface area contributed by atoms with Crippen LogP contribution in [0.4, 0.5) is 0 Å². The van der Waals surface area contributed by atoms with Crippen molar-refractivity contribution in [1.29, 1.82) is 5.26 Å². The van der Waals surface area contributed by atoms with Crippen molar-refractivity contribution in [3.8, 4) is 6.07 Å². The number of hydrogen-bond acceptors (Lipinski definition) is 4. The molecule has 1 aliphatic carbocycles. The van der Waals surface area contributed by atoms with Crippen LogP contribution in [0.1, 0.15) is 41.6 Å². The predicted molar refractivity (Wildman–Crippen MR) is 60.2 cm³/mol. The van der Waals surface area contributed by atoms with Gasteiger partial charge < -0.3 is 4.52 Å². The maximum absolute atomic E-state index is 8.70. The number of benzene rings is 1. The Bertz CT molecular complexity index is 561. The third-order valence-corrected chi connectivity index (χ3v) is 2.86. The van der Waals surface area contributed by atoms with Gasteiger partial charge in [-0.3, -0.25) is 0 Å². The first-order chi connectivity index (χ1) is 8.35. The summed E-state index contributed by atoms with van der Waals surface area (Å²) >= 11 is 0. The summed E-state index contributed by atoms with van der Waals surface area (Å²) in [6.07, 6.45) is 2.98. The van der Waals surface area contributed by atoms with Gasteiger partial charge in [0.2, 0.25) is 5.89 Å². The minimum absolute atomic E-state index is 0.522. The summed E-state index contributed by atoms with van der Waals surface area (Å²) in [7, 11) is 0. The zero-order valence-corrected chi connectivity index (χ0v) is 9.26. The van der Waals surface area contributed by atoms with E-state index in [1.807, 2.05) is 12.1 Å². The second kappa shape index (κ2) is 4.02. The molecule has 0 spiro atoms. The van der Waals surface area contributed by atoms with E-state index in [9.17, 15) is 0 Å². The van der Waals surface area contributed by atoms with Gasteiger partial charge in [0, 0.05) is 5.92 Å². The molecule has 2 aromatic rings. The Morgan fingerprint density at radius 3 is 2.71 bits per heavy atom. The topological polar surface area (TPSA) is 62.7 Å². The Hall–Kier alpha value is -2.15. The smallest absolute Gasteiger partial charge is 0.231 e. The van der Waals surface area contributed by atoms with Crippen molar-refractivity contribution in [1.82, 2.24) is 10.1 Å². The van der Waals surface area contributed by atoms with Crippen molar-refractivity contribution in [3.05, 3.63) is 47.1 Å². The molecule has 0 atom stereocenters. The Morgan fingerprint density at radius 1 is 1.29 bits per heavy atom. The second-order valence-electron chi connectivity index (χ2n) is 4.31. The summed E-state index contributed by atoms with van der Waals surface area (Å²) in [5, 5.41) is 12.7. The van der Waals surface area contributed by atoms with Crippen LogP contribution in [0.5, 0.6) is 0 Å². The highest BCUT2D eigenvalue weighted by atomic mass is 16.5. The maximum atomic E-state index is 8.70. The minimum atomic E-state index is 0.522. The Morgan fingerprint density at radius 2 is 2.06 bits per heavy atom. The van der Waals surface area contributed by atoms with Crippen molar-refractivity contribution in [2.45, 2.75) is 25.2 Å². The molecule has 1 fully saturated rings. The third-order valence-electron chi connectivity index (χ3n) is 2.86. The molecule has 1 aromatic carbocycles. The van der Waals surface area contributed by atoms with Crippen LogP contribution in [0.15, 0.2) is 28.8 Å². The Labute approximate surface area is 98.9 Å². The van der Waals surface area contributed by atoms with Crippen LogP contribution < -0.4 is 0 Å². The van der Waals surface area contributed by atoms with Crippen LogP contribution in [0, 0.1) is 11.3 Å². The SMILES string of the molecule is N#Cc1ccc(Cc2nc(C3CC3)no2)cc1. The van der Waals surface area contributed by atoms with Crippen molar-refractivity contribution in [2.75, 3.05) is 0 Å². The number of nitrogens with zero attached hydrogens (tertiary/aromatic N) is 3. The van der Waals surface area contributed by atoms with Crippen LogP contribution in [-0.2, 0) is 6.42 Å². The highest BCUT2D eigenvalue weighted by molar-refractivity contribution is 5.32. The molecule has 0 saturated heterocycles. The van der Waals surface area contributed by atoms with Crippen molar-refractivity contribution < 1.29 is 4.52 Å². The molecule has 84 valence electrons. The normalized spacial score (nSPS) is 14.5. The molecule has 0 unspecified atom stereocenters. The third kappa shape index (κ3) is 2.18. The van der Waals surface area contributed by atoms with Crippen LogP contribution in [0.3, 0.4) is 0 Å². The van der Waals surface area contributed by atoms with Crippen LogP contribution in [0.2, 0.25) is 0 Å². The summed E-state index contributed by atoms with van der Waals surface area (Å²) in [5.74, 6) is 2.01. The highest BCUT2D eigenvalue weighted by Crippen LogP contribution is 2.38. The van der Waals surface area contributed by atoms with Gasteiger partial charge in [0.25, 0.3) is 0 Å². The van der Waals surface area contributed by atoms with Gasteiger partial charge in [-0.2, -0.15) is 10.2 Å². The Kier molecular flexibility index (Phi) is 2.37. The fourth-order valence-corrected chi connectivity index (χ4v) is 1.72. The number of hydrogen-bond donors (Lipinski definition) is 0. The lowest BCUT2D eigenvalue weighted by molar-refractivity contribution is 0.379. The molecule has 1 heterocycles. The van der Waals surface area contributed by atoms with E-state index in [2.05, 4.69) is 16.2 Å². The Balaban J connectivity index is 1.74. The predicted octanol–water partition coefficient (Wildman–Crippen LogP) is 2.41. The van der Waals surface area contributed by atoms with Gasteiger partial charge in [-0.05, 0) is 30.5 Å². The first-order valence-electron chi connectivity index (χ1n) is 5.66. The quantitative estimate of drug-likeness (QED) is 0.804. The zero-order chi connectivity index (χ0) is 11.7. The molecule has 17 heavy (non-hydrogen) atoms. The average molecular weight is 225 g/mol. The standard InChI is InChI=1S/C13H11N3O/c14-8-10-3-1-9(2-4-10)7-12-15-13(16-17-12)11-5-6-11/h1-4,11H,5-7H2. The van der Waals surface area contributed by atoms with E-state index in [0.29, 0.717) is 23.8 Å². The fourth-order valence-electron chi connectivity index (χ4n) is 1.72. The molecule has 4 heteroatoms. The summed E-state index contributed by atoms with van der Waals surface area (Å²) in [4.78, 5) is 4.37. The lowest BCUT2D eigenvalue weighted by Crippen LogP contribution is -1.89. The van der Waals surface area contributed by atoms with Gasteiger partial charge in [-0.25, -0.2) is 0 Å². The van der Waals surface area contributed by atoms with Gasteiger partial charge in [-0.1, -0.05) is 17.3 Å². The molecule has 1 aromatic heterocycles. The van der Waals surface area contributed by atoms with E-state index < -0.39 is 0 Å². The number of rotatable bonds is 3. The average Bonchev–Trinajstić information content (AvgIpc) is 3.12. The summed E-state index contributed by atoms with van der Waals surface area (Å²) in [6, 6.07) is 9.52. The second-order valence-corrected chi connectivity index (χ2v) is 4.31. The molecule has 0 amide bonds. The van der Waals surface area contributed by atoms with Gasteiger partial charge >= 0.3 is 0 Å². The van der Waals surface area contributed by atoms with Crippen LogP contribution >= 0.6 is 0 Å². The molecule has 0 radical (unpaired) electrons. The summed E-state index contributed by atoms with van der Waals surface area (Å²) < 4.78 is 5.20. The number of aromatic nitrogens is 2. The fraction of sp³-hybridized carbons (Fsp3) is 0.308. The molecule has 3 rings (SSSR count). The van der Waals surface area contributed by atoms with Crippen molar-refractivity contribution in [3.63, 3.8) is 0 Å². The van der Waals surface area contributed by atoms with E-state index in [0.717, 1.165) is 11.4 Å². The van der Waals surface area contributed by atoms with E-state index in [1.165, 1.54) is 12.8 Å². The first-order valence-corrected chi connectivity index (χ1v) is 5.66. The number of nitriles is 1. The molecule has 0 bridgehead atoms. The molecular weight excluding hydrogens is 214 g/mol. The van der Waals surface area contributed by atoms with Crippen LogP contribution in [0.25, 0.3) is 0 Å². The van der Waals surface area contributed by atoms with E-state index in [1.54, 1.807) is 12.1 Å². The molecule has 1 saturated carbocycles. The molecule has 4 nitrogen and oxygen atoms in total. The van der Waals surface area contributed by atoms with Gasteiger partial charge in [0.15, 0.2) is 5.82 Å². The lowest BCUT2D eigenvalue weighted by Gasteiger charge is -1.95. The summed E-state index contributed by atoms with van der Waals surface area (Å²) in [6.45, 7) is 0. The van der Waals surface area contributed by atoms with Gasteiger partial charge in [-0.15, -0.1) is 0 Å². The molecule has 1 aliphatic rings. The van der Waals surface area contributed by atoms with E-state index >= 15 is 0 Å². The maximum Gasteiger partial charge on any atom is 0.231 e. The summed E-state index contributed by atoms with van der Waals surface area (Å²) in [5.41, 5.74) is 1.74.